The normalized spacial score (nSPS) is 10.6. The minimum Gasteiger partial charge on any atom is -0.396 e. The summed E-state index contributed by atoms with van der Waals surface area (Å²) in [4.78, 5) is 8.09. The van der Waals surface area contributed by atoms with Crippen LogP contribution < -0.4 is 5.32 Å². The molecule has 2 N–H and O–H groups in total. The Morgan fingerprint density at radius 3 is 3.00 bits per heavy atom. The van der Waals surface area contributed by atoms with Gasteiger partial charge in [0.05, 0.1) is 5.52 Å². The van der Waals surface area contributed by atoms with E-state index in [1.54, 1.807) is 6.07 Å². The number of nitrogens with zero attached hydrogens (tertiary/aromatic N) is 2. The Bertz CT molecular complexity index is 490. The minimum atomic E-state index is -0.312. The van der Waals surface area contributed by atoms with Crippen LogP contribution in [0.2, 0.25) is 0 Å². The molecule has 16 heavy (non-hydrogen) atoms. The molecule has 0 amide bonds. The molecule has 5 heteroatoms. The van der Waals surface area contributed by atoms with Crippen LogP contribution in [0.25, 0.3) is 10.9 Å². The molecule has 0 fully saturated rings. The first-order valence-electron chi connectivity index (χ1n) is 5.06. The third kappa shape index (κ3) is 2.25. The summed E-state index contributed by atoms with van der Waals surface area (Å²) in [5.41, 5.74) is 0.697. The van der Waals surface area contributed by atoms with Gasteiger partial charge < -0.3 is 10.4 Å². The summed E-state index contributed by atoms with van der Waals surface area (Å²) in [6, 6.07) is 4.38. The number of aliphatic hydroxyl groups is 1. The molecule has 0 saturated carbocycles. The molecule has 0 spiro atoms. The molecular weight excluding hydrogens is 209 g/mol. The lowest BCUT2D eigenvalue weighted by atomic mass is 10.2. The Morgan fingerprint density at radius 2 is 2.19 bits per heavy atom. The monoisotopic (exact) mass is 221 g/mol. The topological polar surface area (TPSA) is 58.0 Å². The second kappa shape index (κ2) is 4.85. The molecule has 1 aromatic carbocycles. The number of anilines is 1. The fraction of sp³-hybridized carbons (Fsp3) is 0.273. The van der Waals surface area contributed by atoms with E-state index in [1.807, 2.05) is 0 Å². The second-order valence-electron chi connectivity index (χ2n) is 3.39. The van der Waals surface area contributed by atoms with Gasteiger partial charge in [0.25, 0.3) is 0 Å². The molecule has 0 aliphatic rings. The molecule has 1 aromatic heterocycles. The molecule has 0 unspecified atom stereocenters. The van der Waals surface area contributed by atoms with Crippen LogP contribution in [0.15, 0.2) is 24.5 Å². The molecule has 0 radical (unpaired) electrons. The summed E-state index contributed by atoms with van der Waals surface area (Å²) in [7, 11) is 0. The Labute approximate surface area is 92.2 Å². The summed E-state index contributed by atoms with van der Waals surface area (Å²) in [5, 5.41) is 12.4. The van der Waals surface area contributed by atoms with Crippen LogP contribution in [0, 0.1) is 5.82 Å². The van der Waals surface area contributed by atoms with Gasteiger partial charge >= 0.3 is 0 Å². The Morgan fingerprint density at radius 1 is 1.31 bits per heavy atom. The highest BCUT2D eigenvalue weighted by Crippen LogP contribution is 2.19. The number of halogens is 1. The van der Waals surface area contributed by atoms with E-state index in [9.17, 15) is 4.39 Å². The Kier molecular flexibility index (Phi) is 3.26. The standard InChI is InChI=1S/C11H12FN3O/c12-8-2-3-10-9(6-8)11(15-7-14-10)13-4-1-5-16/h2-3,6-7,16H,1,4-5H2,(H,13,14,15). The number of rotatable bonds is 4. The van der Waals surface area contributed by atoms with Gasteiger partial charge in [-0.15, -0.1) is 0 Å². The van der Waals surface area contributed by atoms with Crippen molar-refractivity contribution in [2.24, 2.45) is 0 Å². The first-order chi connectivity index (χ1) is 7.81. The van der Waals surface area contributed by atoms with Crippen LogP contribution >= 0.6 is 0 Å². The van der Waals surface area contributed by atoms with E-state index in [-0.39, 0.29) is 12.4 Å². The zero-order valence-corrected chi connectivity index (χ0v) is 8.65. The van der Waals surface area contributed by atoms with Gasteiger partial charge in [-0.1, -0.05) is 0 Å². The zero-order valence-electron chi connectivity index (χ0n) is 8.65. The van der Waals surface area contributed by atoms with Gasteiger partial charge in [-0.3, -0.25) is 0 Å². The molecule has 84 valence electrons. The highest BCUT2D eigenvalue weighted by Gasteiger charge is 2.03. The number of nitrogens with one attached hydrogen (secondary N) is 1. The van der Waals surface area contributed by atoms with Crippen molar-refractivity contribution in [3.05, 3.63) is 30.3 Å². The third-order valence-electron chi connectivity index (χ3n) is 2.22. The predicted octanol–water partition coefficient (Wildman–Crippen LogP) is 1.56. The summed E-state index contributed by atoms with van der Waals surface area (Å²) < 4.78 is 13.1. The maximum atomic E-state index is 13.1. The van der Waals surface area contributed by atoms with Gasteiger partial charge in [-0.25, -0.2) is 14.4 Å². The van der Waals surface area contributed by atoms with Crippen molar-refractivity contribution in [3.63, 3.8) is 0 Å². The van der Waals surface area contributed by atoms with Crippen LogP contribution in [-0.2, 0) is 0 Å². The lowest BCUT2D eigenvalue weighted by Gasteiger charge is -2.07. The lowest BCUT2D eigenvalue weighted by molar-refractivity contribution is 0.292. The molecule has 2 aromatic rings. The van der Waals surface area contributed by atoms with Crippen molar-refractivity contribution in [1.29, 1.82) is 0 Å². The highest BCUT2D eigenvalue weighted by atomic mass is 19.1. The van der Waals surface area contributed by atoms with Crippen molar-refractivity contribution in [3.8, 4) is 0 Å². The summed E-state index contributed by atoms with van der Waals surface area (Å²) in [6.45, 7) is 0.712. The molecule has 0 saturated heterocycles. The molecule has 0 aliphatic heterocycles. The number of aliphatic hydroxyl groups excluding tert-OH is 1. The van der Waals surface area contributed by atoms with Crippen LogP contribution in [0.5, 0.6) is 0 Å². The first kappa shape index (κ1) is 10.8. The molecule has 0 aliphatic carbocycles. The molecule has 0 atom stereocenters. The fourth-order valence-electron chi connectivity index (χ4n) is 1.46. The number of aromatic nitrogens is 2. The van der Waals surface area contributed by atoms with E-state index in [1.165, 1.54) is 18.5 Å². The zero-order chi connectivity index (χ0) is 11.4. The SMILES string of the molecule is OCCCNc1ncnc2ccc(F)cc12. The molecule has 4 nitrogen and oxygen atoms in total. The van der Waals surface area contributed by atoms with E-state index in [0.717, 1.165) is 0 Å². The largest absolute Gasteiger partial charge is 0.396 e. The Hall–Kier alpha value is -1.75. The van der Waals surface area contributed by atoms with E-state index >= 15 is 0 Å². The maximum absolute atomic E-state index is 13.1. The van der Waals surface area contributed by atoms with Crippen molar-refractivity contribution in [1.82, 2.24) is 9.97 Å². The van der Waals surface area contributed by atoms with Crippen LogP contribution in [0.4, 0.5) is 10.2 Å². The van der Waals surface area contributed by atoms with Crippen molar-refractivity contribution in [2.45, 2.75) is 6.42 Å². The number of hydrogen-bond donors (Lipinski definition) is 2. The van der Waals surface area contributed by atoms with Crippen molar-refractivity contribution >= 4 is 16.7 Å². The van der Waals surface area contributed by atoms with Gasteiger partial charge in [-0.2, -0.15) is 0 Å². The van der Waals surface area contributed by atoms with E-state index in [2.05, 4.69) is 15.3 Å². The van der Waals surface area contributed by atoms with Gasteiger partial charge in [0.1, 0.15) is 18.0 Å². The van der Waals surface area contributed by atoms with Gasteiger partial charge in [-0.05, 0) is 24.6 Å². The molecule has 2 rings (SSSR count). The van der Waals surface area contributed by atoms with E-state index in [4.69, 9.17) is 5.11 Å². The minimum absolute atomic E-state index is 0.115. The average Bonchev–Trinajstić information content (AvgIpc) is 2.30. The average molecular weight is 221 g/mol. The Balaban J connectivity index is 2.32. The molecule has 1 heterocycles. The molecular formula is C11H12FN3O. The first-order valence-corrected chi connectivity index (χ1v) is 5.06. The third-order valence-corrected chi connectivity index (χ3v) is 2.22. The maximum Gasteiger partial charge on any atom is 0.137 e. The van der Waals surface area contributed by atoms with Crippen molar-refractivity contribution in [2.75, 3.05) is 18.5 Å². The summed E-state index contributed by atoms with van der Waals surface area (Å²) >= 11 is 0. The van der Waals surface area contributed by atoms with Gasteiger partial charge in [0.2, 0.25) is 0 Å². The number of fused-ring (bicyclic) bond motifs is 1. The summed E-state index contributed by atoms with van der Waals surface area (Å²) in [5.74, 6) is 0.283. The second-order valence-corrected chi connectivity index (χ2v) is 3.39. The number of benzene rings is 1. The fourth-order valence-corrected chi connectivity index (χ4v) is 1.46. The summed E-state index contributed by atoms with van der Waals surface area (Å²) in [6.07, 6.45) is 2.06. The van der Waals surface area contributed by atoms with Gasteiger partial charge in [0.15, 0.2) is 0 Å². The predicted molar refractivity (Wildman–Crippen MR) is 59.7 cm³/mol. The van der Waals surface area contributed by atoms with E-state index in [0.29, 0.717) is 29.7 Å². The van der Waals surface area contributed by atoms with Crippen LogP contribution in [0.1, 0.15) is 6.42 Å². The van der Waals surface area contributed by atoms with Crippen LogP contribution in [0.3, 0.4) is 0 Å². The smallest absolute Gasteiger partial charge is 0.137 e. The quantitative estimate of drug-likeness (QED) is 0.769. The van der Waals surface area contributed by atoms with Crippen LogP contribution in [-0.4, -0.2) is 28.2 Å². The highest BCUT2D eigenvalue weighted by molar-refractivity contribution is 5.88. The lowest BCUT2D eigenvalue weighted by Crippen LogP contribution is -2.05. The van der Waals surface area contributed by atoms with E-state index < -0.39 is 0 Å². The van der Waals surface area contributed by atoms with Crippen molar-refractivity contribution < 1.29 is 9.50 Å². The van der Waals surface area contributed by atoms with Gasteiger partial charge in [0, 0.05) is 18.5 Å². The molecule has 0 bridgehead atoms. The number of hydrogen-bond acceptors (Lipinski definition) is 4.